The van der Waals surface area contributed by atoms with Crippen molar-refractivity contribution in [1.82, 2.24) is 10.2 Å². The molecule has 1 aliphatic rings. The Bertz CT molecular complexity index is 233. The van der Waals surface area contributed by atoms with E-state index >= 15 is 0 Å². The lowest BCUT2D eigenvalue weighted by Crippen LogP contribution is -2.31. The van der Waals surface area contributed by atoms with Crippen molar-refractivity contribution >= 4 is 23.1 Å². The molecule has 1 atom stereocenters. The summed E-state index contributed by atoms with van der Waals surface area (Å²) in [5, 5.41) is 11.8. The molecule has 4 nitrogen and oxygen atoms in total. The maximum Gasteiger partial charge on any atom is 0.317 e. The fourth-order valence-corrected chi connectivity index (χ4v) is 1.85. The molecule has 0 amide bonds. The summed E-state index contributed by atoms with van der Waals surface area (Å²) in [6.07, 6.45) is 1.92. The smallest absolute Gasteiger partial charge is 0.317 e. The number of rotatable bonds is 5. The number of hydrogen-bond acceptors (Lipinski definition) is 4. The first-order valence-electron chi connectivity index (χ1n) is 4.73. The normalized spacial score (nSPS) is 21.9. The van der Waals surface area contributed by atoms with E-state index < -0.39 is 5.97 Å². The Kier molecular flexibility index (Phi) is 4.44. The SMILES string of the molecule is CN(CCC1CC(=S)CN1)CC(=O)O. The third kappa shape index (κ3) is 4.13. The van der Waals surface area contributed by atoms with Crippen LogP contribution in [0.4, 0.5) is 0 Å². The molecule has 0 aliphatic carbocycles. The van der Waals surface area contributed by atoms with Crippen molar-refractivity contribution in [2.75, 3.05) is 26.7 Å². The van der Waals surface area contributed by atoms with E-state index in [2.05, 4.69) is 5.32 Å². The summed E-state index contributed by atoms with van der Waals surface area (Å²) in [6, 6.07) is 0.443. The van der Waals surface area contributed by atoms with Crippen LogP contribution in [0.3, 0.4) is 0 Å². The monoisotopic (exact) mass is 216 g/mol. The maximum atomic E-state index is 10.4. The van der Waals surface area contributed by atoms with Crippen LogP contribution >= 0.6 is 12.2 Å². The van der Waals surface area contributed by atoms with E-state index in [4.69, 9.17) is 17.3 Å². The molecular formula is C9H16N2O2S. The Morgan fingerprint density at radius 2 is 2.50 bits per heavy atom. The summed E-state index contributed by atoms with van der Waals surface area (Å²) in [4.78, 5) is 13.3. The van der Waals surface area contributed by atoms with Gasteiger partial charge < -0.3 is 10.4 Å². The van der Waals surface area contributed by atoms with Gasteiger partial charge in [0.2, 0.25) is 0 Å². The van der Waals surface area contributed by atoms with Crippen molar-refractivity contribution in [3.63, 3.8) is 0 Å². The van der Waals surface area contributed by atoms with Gasteiger partial charge in [0.25, 0.3) is 0 Å². The molecule has 5 heteroatoms. The number of likely N-dealkylation sites (N-methyl/N-ethyl adjacent to an activating group) is 1. The van der Waals surface area contributed by atoms with Gasteiger partial charge in [0.05, 0.1) is 6.54 Å². The number of hydrogen-bond donors (Lipinski definition) is 2. The van der Waals surface area contributed by atoms with Crippen LogP contribution in [0.1, 0.15) is 12.8 Å². The molecule has 0 saturated carbocycles. The quantitative estimate of drug-likeness (QED) is 0.640. The van der Waals surface area contributed by atoms with Gasteiger partial charge in [-0.1, -0.05) is 12.2 Å². The first-order valence-corrected chi connectivity index (χ1v) is 5.14. The molecule has 1 heterocycles. The molecule has 0 aromatic rings. The van der Waals surface area contributed by atoms with Crippen LogP contribution in [-0.4, -0.2) is 53.6 Å². The summed E-state index contributed by atoms with van der Waals surface area (Å²) in [6.45, 7) is 1.74. The Hall–Kier alpha value is -0.520. The molecule has 1 rings (SSSR count). The van der Waals surface area contributed by atoms with E-state index in [-0.39, 0.29) is 6.54 Å². The molecule has 0 spiro atoms. The highest BCUT2D eigenvalue weighted by Crippen LogP contribution is 2.07. The molecule has 0 radical (unpaired) electrons. The molecule has 0 aromatic heterocycles. The van der Waals surface area contributed by atoms with Crippen molar-refractivity contribution in [3.8, 4) is 0 Å². The van der Waals surface area contributed by atoms with Crippen molar-refractivity contribution in [2.24, 2.45) is 0 Å². The minimum Gasteiger partial charge on any atom is -0.480 e. The zero-order valence-corrected chi connectivity index (χ0v) is 9.14. The number of thiocarbonyl (C=S) groups is 1. The molecule has 1 fully saturated rings. The number of nitrogens with one attached hydrogen (secondary N) is 1. The summed E-state index contributed by atoms with van der Waals surface area (Å²) in [5.74, 6) is -0.776. The highest BCUT2D eigenvalue weighted by molar-refractivity contribution is 7.80. The van der Waals surface area contributed by atoms with Gasteiger partial charge >= 0.3 is 5.97 Å². The van der Waals surface area contributed by atoms with Crippen LogP contribution in [0, 0.1) is 0 Å². The van der Waals surface area contributed by atoms with E-state index in [9.17, 15) is 4.79 Å². The predicted molar refractivity (Wildman–Crippen MR) is 58.8 cm³/mol. The minimum atomic E-state index is -0.776. The third-order valence-electron chi connectivity index (χ3n) is 2.33. The highest BCUT2D eigenvalue weighted by atomic mass is 32.1. The van der Waals surface area contributed by atoms with Gasteiger partial charge in [0.15, 0.2) is 0 Å². The summed E-state index contributed by atoms with van der Waals surface area (Å²) < 4.78 is 0. The lowest BCUT2D eigenvalue weighted by atomic mass is 10.1. The van der Waals surface area contributed by atoms with Gasteiger partial charge in [0, 0.05) is 17.5 Å². The van der Waals surface area contributed by atoms with Crippen LogP contribution < -0.4 is 5.32 Å². The Balaban J connectivity index is 2.14. The zero-order chi connectivity index (χ0) is 10.6. The fourth-order valence-electron chi connectivity index (χ4n) is 1.57. The average Bonchev–Trinajstić information content (AvgIpc) is 2.47. The number of carboxylic acid groups (broad SMARTS) is 1. The minimum absolute atomic E-state index is 0.108. The van der Waals surface area contributed by atoms with Crippen LogP contribution in [0.15, 0.2) is 0 Å². The number of carboxylic acids is 1. The van der Waals surface area contributed by atoms with Crippen molar-refractivity contribution < 1.29 is 9.90 Å². The standard InChI is InChI=1S/C9H16N2O2S/c1-11(6-9(12)13)3-2-7-4-8(14)5-10-7/h7,10H,2-6H2,1H3,(H,12,13). The van der Waals surface area contributed by atoms with Gasteiger partial charge in [-0.25, -0.2) is 0 Å². The Morgan fingerprint density at radius 1 is 1.79 bits per heavy atom. The maximum absolute atomic E-state index is 10.4. The van der Waals surface area contributed by atoms with E-state index in [1.165, 1.54) is 0 Å². The Labute approximate surface area is 89.3 Å². The molecule has 0 bridgehead atoms. The van der Waals surface area contributed by atoms with Crippen molar-refractivity contribution in [2.45, 2.75) is 18.9 Å². The van der Waals surface area contributed by atoms with Gasteiger partial charge in [-0.05, 0) is 26.4 Å². The number of carbonyl (C=O) groups is 1. The second-order valence-corrected chi connectivity index (χ2v) is 4.32. The van der Waals surface area contributed by atoms with E-state index in [1.54, 1.807) is 0 Å². The third-order valence-corrected chi connectivity index (χ3v) is 2.64. The molecule has 1 unspecified atom stereocenters. The van der Waals surface area contributed by atoms with E-state index in [1.807, 2.05) is 11.9 Å². The molecule has 1 aliphatic heterocycles. The van der Waals surface area contributed by atoms with Crippen molar-refractivity contribution in [3.05, 3.63) is 0 Å². The number of aliphatic carboxylic acids is 1. The summed E-state index contributed by atoms with van der Waals surface area (Å²) in [7, 11) is 1.82. The van der Waals surface area contributed by atoms with Gasteiger partial charge in [-0.2, -0.15) is 0 Å². The largest absolute Gasteiger partial charge is 0.480 e. The fraction of sp³-hybridized carbons (Fsp3) is 0.778. The lowest BCUT2D eigenvalue weighted by molar-refractivity contribution is -0.138. The molecule has 80 valence electrons. The number of nitrogens with zero attached hydrogens (tertiary/aromatic N) is 1. The lowest BCUT2D eigenvalue weighted by Gasteiger charge is -2.16. The second-order valence-electron chi connectivity index (χ2n) is 3.74. The molecule has 2 N–H and O–H groups in total. The Morgan fingerprint density at radius 3 is 3.00 bits per heavy atom. The second kappa shape index (κ2) is 5.38. The summed E-state index contributed by atoms with van der Waals surface area (Å²) in [5.41, 5.74) is 0. The topological polar surface area (TPSA) is 52.6 Å². The average molecular weight is 216 g/mol. The zero-order valence-electron chi connectivity index (χ0n) is 8.32. The first-order chi connectivity index (χ1) is 6.58. The van der Waals surface area contributed by atoms with E-state index in [0.717, 1.165) is 30.8 Å². The van der Waals surface area contributed by atoms with Gasteiger partial charge in [-0.3, -0.25) is 9.69 Å². The molecule has 1 saturated heterocycles. The summed E-state index contributed by atoms with van der Waals surface area (Å²) >= 11 is 5.08. The van der Waals surface area contributed by atoms with Crippen LogP contribution in [-0.2, 0) is 4.79 Å². The highest BCUT2D eigenvalue weighted by Gasteiger charge is 2.18. The molecular weight excluding hydrogens is 200 g/mol. The van der Waals surface area contributed by atoms with Crippen molar-refractivity contribution in [1.29, 1.82) is 0 Å². The van der Waals surface area contributed by atoms with Crippen LogP contribution in [0.5, 0.6) is 0 Å². The van der Waals surface area contributed by atoms with Crippen LogP contribution in [0.2, 0.25) is 0 Å². The van der Waals surface area contributed by atoms with Gasteiger partial charge in [-0.15, -0.1) is 0 Å². The van der Waals surface area contributed by atoms with Gasteiger partial charge in [0.1, 0.15) is 0 Å². The predicted octanol–water partition coefficient (Wildman–Crippen LogP) is 0.125. The molecule has 0 aromatic carbocycles. The molecule has 14 heavy (non-hydrogen) atoms. The van der Waals surface area contributed by atoms with E-state index in [0.29, 0.717) is 6.04 Å². The van der Waals surface area contributed by atoms with Crippen LogP contribution in [0.25, 0.3) is 0 Å². The first kappa shape index (κ1) is 11.6.